The van der Waals surface area contributed by atoms with Crippen molar-refractivity contribution in [1.82, 2.24) is 0 Å². The summed E-state index contributed by atoms with van der Waals surface area (Å²) in [5.41, 5.74) is 1.20. The fraction of sp³-hybridized carbons (Fsp3) is 0.440. The van der Waals surface area contributed by atoms with Crippen LogP contribution >= 0.6 is 34.0 Å². The number of allylic oxidation sites excluding steroid dienone is 2. The van der Waals surface area contributed by atoms with E-state index in [9.17, 15) is 0 Å². The fourth-order valence-electron chi connectivity index (χ4n) is 5.30. The Balaban J connectivity index is 1.20. The van der Waals surface area contributed by atoms with Gasteiger partial charge in [0.1, 0.15) is 26.4 Å². The number of thiophene rings is 3. The van der Waals surface area contributed by atoms with Crippen LogP contribution in [0.3, 0.4) is 0 Å². The van der Waals surface area contributed by atoms with E-state index in [0.717, 1.165) is 45.3 Å². The molecule has 0 radical (unpaired) electrons. The third kappa shape index (κ3) is 3.58. The zero-order valence-electron chi connectivity index (χ0n) is 18.0. The Morgan fingerprint density at radius 1 is 0.818 bits per heavy atom. The maximum atomic E-state index is 6.34. The van der Waals surface area contributed by atoms with Gasteiger partial charge in [0.25, 0.3) is 0 Å². The van der Waals surface area contributed by atoms with Crippen LogP contribution in [0.5, 0.6) is 23.0 Å². The summed E-state index contributed by atoms with van der Waals surface area (Å²) in [5, 5.41) is 4.10. The van der Waals surface area contributed by atoms with Crippen LogP contribution in [0.2, 0.25) is 0 Å². The van der Waals surface area contributed by atoms with Gasteiger partial charge in [-0.3, -0.25) is 0 Å². The van der Waals surface area contributed by atoms with Crippen LogP contribution in [0.25, 0.3) is 19.5 Å². The minimum absolute atomic E-state index is 0.585. The fourth-order valence-corrected chi connectivity index (χ4v) is 8.62. The van der Waals surface area contributed by atoms with Gasteiger partial charge in [-0.05, 0) is 42.2 Å². The molecule has 1 saturated carbocycles. The van der Waals surface area contributed by atoms with E-state index in [-0.39, 0.29) is 0 Å². The Labute approximate surface area is 204 Å². The van der Waals surface area contributed by atoms with Crippen molar-refractivity contribution in [2.45, 2.75) is 19.4 Å². The van der Waals surface area contributed by atoms with E-state index in [1.165, 1.54) is 28.2 Å². The molecule has 3 aromatic rings. The number of fused-ring (bicyclic) bond motifs is 4. The highest BCUT2D eigenvalue weighted by Crippen LogP contribution is 2.54. The zero-order chi connectivity index (χ0) is 21.8. The summed E-state index contributed by atoms with van der Waals surface area (Å²) in [6.07, 6.45) is 7.37. The van der Waals surface area contributed by atoms with Gasteiger partial charge in [0.2, 0.25) is 0 Å². The van der Waals surface area contributed by atoms with Crippen LogP contribution in [-0.2, 0) is 11.3 Å². The van der Waals surface area contributed by atoms with Crippen LogP contribution in [0.1, 0.15) is 18.4 Å². The van der Waals surface area contributed by atoms with Crippen molar-refractivity contribution in [3.8, 4) is 42.5 Å². The molecule has 0 saturated heterocycles. The summed E-state index contributed by atoms with van der Waals surface area (Å²) in [5.74, 6) is 5.57. The predicted molar refractivity (Wildman–Crippen MR) is 131 cm³/mol. The highest BCUT2D eigenvalue weighted by Gasteiger charge is 2.35. The lowest BCUT2D eigenvalue weighted by Gasteiger charge is -2.18. The van der Waals surface area contributed by atoms with E-state index in [1.807, 2.05) is 5.38 Å². The van der Waals surface area contributed by atoms with Crippen molar-refractivity contribution in [3.05, 3.63) is 34.5 Å². The molecular formula is C25H24O5S3. The lowest BCUT2D eigenvalue weighted by Crippen LogP contribution is -2.14. The van der Waals surface area contributed by atoms with E-state index < -0.39 is 0 Å². The topological polar surface area (TPSA) is 46.2 Å². The average Bonchev–Trinajstić information content (AvgIpc) is 3.66. The normalized spacial score (nSPS) is 24.5. The van der Waals surface area contributed by atoms with Gasteiger partial charge in [-0.15, -0.1) is 34.0 Å². The molecule has 0 N–H and O–H groups in total. The van der Waals surface area contributed by atoms with Crippen molar-refractivity contribution < 1.29 is 23.7 Å². The van der Waals surface area contributed by atoms with Gasteiger partial charge < -0.3 is 23.7 Å². The summed E-state index contributed by atoms with van der Waals surface area (Å²) < 4.78 is 29.9. The summed E-state index contributed by atoms with van der Waals surface area (Å²) in [4.78, 5) is 4.64. The number of hydrogen-bond acceptors (Lipinski definition) is 8. The van der Waals surface area contributed by atoms with Crippen molar-refractivity contribution in [1.29, 1.82) is 0 Å². The summed E-state index contributed by atoms with van der Waals surface area (Å²) in [6.45, 7) is 3.81. The van der Waals surface area contributed by atoms with Gasteiger partial charge in [-0.2, -0.15) is 0 Å². The SMILES string of the molecule is C1=CC2CC1CC2COCc1cc(-c2scc3c2OCCO3)sc1-c1scc2c1OCCO2. The van der Waals surface area contributed by atoms with Crippen LogP contribution in [0.15, 0.2) is 29.0 Å². The number of hydrogen-bond donors (Lipinski definition) is 0. The molecule has 2 aliphatic heterocycles. The molecule has 2 aliphatic carbocycles. The Bertz CT molecular complexity index is 1200. The Hall–Kier alpha value is -2.00. The van der Waals surface area contributed by atoms with Crippen LogP contribution in [0, 0.1) is 17.8 Å². The molecule has 4 aliphatic rings. The smallest absolute Gasteiger partial charge is 0.180 e. The first-order chi connectivity index (χ1) is 16.3. The van der Waals surface area contributed by atoms with Crippen molar-refractivity contribution >= 4 is 34.0 Å². The number of rotatable bonds is 6. The predicted octanol–water partition coefficient (Wildman–Crippen LogP) is 6.48. The molecule has 33 heavy (non-hydrogen) atoms. The highest BCUT2D eigenvalue weighted by molar-refractivity contribution is 7.26. The lowest BCUT2D eigenvalue weighted by molar-refractivity contribution is 0.0793. The Morgan fingerprint density at radius 3 is 2.27 bits per heavy atom. The molecule has 2 bridgehead atoms. The van der Waals surface area contributed by atoms with Gasteiger partial charge in [-0.25, -0.2) is 0 Å². The molecule has 0 spiro atoms. The van der Waals surface area contributed by atoms with E-state index in [0.29, 0.717) is 44.9 Å². The first kappa shape index (κ1) is 20.4. The standard InChI is InChI=1S/C25H24O5S3/c1-2-15-7-14(1)8-16(15)10-26-11-17-9-20(24-21-18(12-31-24)27-3-5-29-21)33-23(17)25-22-19(13-32-25)28-4-6-30-22/h1-2,9,12-16H,3-8,10-11H2. The molecular weight excluding hydrogens is 476 g/mol. The third-order valence-corrected chi connectivity index (χ3v) is 10.2. The van der Waals surface area contributed by atoms with Gasteiger partial charge in [0.15, 0.2) is 23.0 Å². The highest BCUT2D eigenvalue weighted by atomic mass is 32.1. The molecule has 3 unspecified atom stereocenters. The molecule has 5 heterocycles. The molecule has 8 heteroatoms. The molecule has 172 valence electrons. The molecule has 3 aromatic heterocycles. The zero-order valence-corrected chi connectivity index (χ0v) is 20.5. The monoisotopic (exact) mass is 500 g/mol. The summed E-state index contributed by atoms with van der Waals surface area (Å²) in [7, 11) is 0. The minimum Gasteiger partial charge on any atom is -0.485 e. The van der Waals surface area contributed by atoms with Crippen LogP contribution < -0.4 is 18.9 Å². The maximum absolute atomic E-state index is 6.34. The van der Waals surface area contributed by atoms with Crippen molar-refractivity contribution in [2.24, 2.45) is 17.8 Å². The first-order valence-corrected chi connectivity index (χ1v) is 14.0. The van der Waals surface area contributed by atoms with Crippen molar-refractivity contribution in [3.63, 3.8) is 0 Å². The van der Waals surface area contributed by atoms with Gasteiger partial charge in [0, 0.05) is 15.6 Å². The third-order valence-electron chi connectivity index (χ3n) is 6.85. The second-order valence-corrected chi connectivity index (χ2v) is 11.7. The van der Waals surface area contributed by atoms with Crippen LogP contribution in [-0.4, -0.2) is 33.0 Å². The largest absolute Gasteiger partial charge is 0.485 e. The molecule has 3 atom stereocenters. The second-order valence-electron chi connectivity index (χ2n) is 8.93. The second kappa shape index (κ2) is 8.34. The van der Waals surface area contributed by atoms with E-state index in [1.54, 1.807) is 34.0 Å². The summed E-state index contributed by atoms with van der Waals surface area (Å²) >= 11 is 5.14. The minimum atomic E-state index is 0.585. The molecule has 0 aromatic carbocycles. The molecule has 5 nitrogen and oxygen atoms in total. The van der Waals surface area contributed by atoms with Crippen molar-refractivity contribution in [2.75, 3.05) is 33.0 Å². The van der Waals surface area contributed by atoms with Gasteiger partial charge in [0.05, 0.1) is 27.8 Å². The average molecular weight is 501 g/mol. The van der Waals surface area contributed by atoms with E-state index in [4.69, 9.17) is 23.7 Å². The Morgan fingerprint density at radius 2 is 1.55 bits per heavy atom. The number of ether oxygens (including phenoxy) is 5. The lowest BCUT2D eigenvalue weighted by atomic mass is 9.95. The molecule has 0 amide bonds. The first-order valence-electron chi connectivity index (χ1n) is 11.5. The molecule has 1 fully saturated rings. The Kier molecular flexibility index (Phi) is 5.15. The maximum Gasteiger partial charge on any atom is 0.180 e. The molecule has 7 rings (SSSR count). The van der Waals surface area contributed by atoms with E-state index >= 15 is 0 Å². The quantitative estimate of drug-likeness (QED) is 0.363. The van der Waals surface area contributed by atoms with Crippen LogP contribution in [0.4, 0.5) is 0 Å². The van der Waals surface area contributed by atoms with E-state index in [2.05, 4.69) is 23.6 Å². The van der Waals surface area contributed by atoms with Gasteiger partial charge in [-0.1, -0.05) is 12.2 Å². The summed E-state index contributed by atoms with van der Waals surface area (Å²) in [6, 6.07) is 2.26. The van der Waals surface area contributed by atoms with Gasteiger partial charge >= 0.3 is 0 Å².